The number of carboxylic acid groups (broad SMARTS) is 1. The molecular weight excluding hydrogens is 356 g/mol. The van der Waals surface area contributed by atoms with Gasteiger partial charge in [0.1, 0.15) is 17.5 Å². The standard InChI is InChI=1S/C19H21ClN2O4/c1-2-4-17(19(24)25)21-12-18(23)22-14-7-9-15(10-8-14)26-16-6-3-5-13(20)11-16/h3,5-11,17,21H,2,4,12H2,1H3,(H,22,23)(H,24,25). The predicted octanol–water partition coefficient (Wildman–Crippen LogP) is 3.91. The number of hydrogen-bond donors (Lipinski definition) is 3. The second-order valence-corrected chi connectivity index (χ2v) is 6.13. The number of halogens is 1. The molecule has 1 amide bonds. The van der Waals surface area contributed by atoms with Crippen molar-refractivity contribution in [3.05, 3.63) is 53.6 Å². The van der Waals surface area contributed by atoms with Crippen LogP contribution in [0.2, 0.25) is 5.02 Å². The van der Waals surface area contributed by atoms with Crippen LogP contribution in [0.3, 0.4) is 0 Å². The molecule has 1 unspecified atom stereocenters. The summed E-state index contributed by atoms with van der Waals surface area (Å²) in [5, 5.41) is 15.1. The number of amides is 1. The van der Waals surface area contributed by atoms with Gasteiger partial charge in [0.2, 0.25) is 5.91 Å². The van der Waals surface area contributed by atoms with Gasteiger partial charge < -0.3 is 15.2 Å². The Morgan fingerprint density at radius 3 is 2.50 bits per heavy atom. The van der Waals surface area contributed by atoms with Crippen molar-refractivity contribution in [1.29, 1.82) is 0 Å². The number of carboxylic acids is 1. The van der Waals surface area contributed by atoms with Gasteiger partial charge >= 0.3 is 5.97 Å². The average Bonchev–Trinajstić information content (AvgIpc) is 2.60. The average molecular weight is 377 g/mol. The van der Waals surface area contributed by atoms with Gasteiger partial charge in [0, 0.05) is 10.7 Å². The van der Waals surface area contributed by atoms with Crippen molar-refractivity contribution in [2.45, 2.75) is 25.8 Å². The van der Waals surface area contributed by atoms with Gasteiger partial charge in [0.05, 0.1) is 6.54 Å². The van der Waals surface area contributed by atoms with E-state index in [1.165, 1.54) is 0 Å². The summed E-state index contributed by atoms with van der Waals surface area (Å²) in [4.78, 5) is 23.0. The van der Waals surface area contributed by atoms with Crippen LogP contribution in [0.1, 0.15) is 19.8 Å². The lowest BCUT2D eigenvalue weighted by molar-refractivity contribution is -0.139. The number of carbonyl (C=O) groups excluding carboxylic acids is 1. The highest BCUT2D eigenvalue weighted by atomic mass is 35.5. The number of carbonyl (C=O) groups is 2. The first kappa shape index (κ1) is 19.8. The monoisotopic (exact) mass is 376 g/mol. The Morgan fingerprint density at radius 1 is 1.15 bits per heavy atom. The zero-order chi connectivity index (χ0) is 18.9. The fourth-order valence-corrected chi connectivity index (χ4v) is 2.48. The van der Waals surface area contributed by atoms with Crippen molar-refractivity contribution in [3.8, 4) is 11.5 Å². The highest BCUT2D eigenvalue weighted by molar-refractivity contribution is 6.30. The third-order valence-corrected chi connectivity index (χ3v) is 3.79. The normalized spacial score (nSPS) is 11.6. The zero-order valence-corrected chi connectivity index (χ0v) is 15.1. The Morgan fingerprint density at radius 2 is 1.88 bits per heavy atom. The van der Waals surface area contributed by atoms with Gasteiger partial charge in [-0.3, -0.25) is 14.9 Å². The van der Waals surface area contributed by atoms with Crippen molar-refractivity contribution < 1.29 is 19.4 Å². The molecule has 0 aromatic heterocycles. The van der Waals surface area contributed by atoms with E-state index in [1.807, 2.05) is 6.92 Å². The van der Waals surface area contributed by atoms with E-state index >= 15 is 0 Å². The van der Waals surface area contributed by atoms with Crippen molar-refractivity contribution in [2.24, 2.45) is 0 Å². The molecule has 0 radical (unpaired) electrons. The quantitative estimate of drug-likeness (QED) is 0.617. The van der Waals surface area contributed by atoms with E-state index in [1.54, 1.807) is 48.5 Å². The van der Waals surface area contributed by atoms with Crippen LogP contribution < -0.4 is 15.4 Å². The van der Waals surface area contributed by atoms with E-state index in [0.29, 0.717) is 28.6 Å². The van der Waals surface area contributed by atoms with E-state index in [2.05, 4.69) is 10.6 Å². The molecule has 0 fully saturated rings. The summed E-state index contributed by atoms with van der Waals surface area (Å²) in [6, 6.07) is 13.2. The molecule has 2 aromatic carbocycles. The lowest BCUT2D eigenvalue weighted by atomic mass is 10.2. The maximum atomic E-state index is 11.9. The molecule has 3 N–H and O–H groups in total. The van der Waals surface area contributed by atoms with Crippen molar-refractivity contribution >= 4 is 29.2 Å². The topological polar surface area (TPSA) is 87.7 Å². The van der Waals surface area contributed by atoms with E-state index in [-0.39, 0.29) is 12.5 Å². The molecule has 0 heterocycles. The van der Waals surface area contributed by atoms with Crippen LogP contribution in [0.15, 0.2) is 48.5 Å². The summed E-state index contributed by atoms with van der Waals surface area (Å²) in [7, 11) is 0. The van der Waals surface area contributed by atoms with Gasteiger partial charge in [0.25, 0.3) is 0 Å². The van der Waals surface area contributed by atoms with Gasteiger partial charge in [-0.05, 0) is 48.9 Å². The Hall–Kier alpha value is -2.57. The van der Waals surface area contributed by atoms with Crippen molar-refractivity contribution in [2.75, 3.05) is 11.9 Å². The summed E-state index contributed by atoms with van der Waals surface area (Å²) < 4.78 is 5.68. The van der Waals surface area contributed by atoms with Gasteiger partial charge in [0.15, 0.2) is 0 Å². The first-order chi connectivity index (χ1) is 12.5. The molecule has 0 aliphatic carbocycles. The Balaban J connectivity index is 1.86. The molecule has 0 saturated carbocycles. The molecule has 0 spiro atoms. The Labute approximate surface area is 157 Å². The molecular formula is C19H21ClN2O4. The highest BCUT2D eigenvalue weighted by Crippen LogP contribution is 2.25. The maximum Gasteiger partial charge on any atom is 0.320 e. The van der Waals surface area contributed by atoms with Crippen molar-refractivity contribution in [3.63, 3.8) is 0 Å². The maximum absolute atomic E-state index is 11.9. The molecule has 2 aromatic rings. The SMILES string of the molecule is CCCC(NCC(=O)Nc1ccc(Oc2cccc(Cl)c2)cc1)C(=O)O. The number of nitrogens with one attached hydrogen (secondary N) is 2. The van der Waals surface area contributed by atoms with E-state index in [9.17, 15) is 9.59 Å². The molecule has 2 rings (SSSR count). The van der Waals surface area contributed by atoms with Crippen LogP contribution >= 0.6 is 11.6 Å². The lowest BCUT2D eigenvalue weighted by Gasteiger charge is -2.13. The Kier molecular flexibility index (Phi) is 7.44. The molecule has 6 nitrogen and oxygen atoms in total. The summed E-state index contributed by atoms with van der Waals surface area (Å²) in [6.45, 7) is 1.82. The molecule has 0 bridgehead atoms. The van der Waals surface area contributed by atoms with Gasteiger partial charge in [-0.2, -0.15) is 0 Å². The minimum absolute atomic E-state index is 0.0717. The van der Waals surface area contributed by atoms with Gasteiger partial charge in [-0.1, -0.05) is 31.0 Å². The van der Waals surface area contributed by atoms with E-state index in [0.717, 1.165) is 6.42 Å². The third-order valence-electron chi connectivity index (χ3n) is 3.55. The molecule has 26 heavy (non-hydrogen) atoms. The summed E-state index contributed by atoms with van der Waals surface area (Å²) in [5.41, 5.74) is 0.595. The number of rotatable bonds is 9. The summed E-state index contributed by atoms with van der Waals surface area (Å²) in [5.74, 6) is -0.0376. The van der Waals surface area contributed by atoms with Crippen LogP contribution in [0, 0.1) is 0 Å². The van der Waals surface area contributed by atoms with Crippen LogP contribution in [-0.2, 0) is 9.59 Å². The Bertz CT molecular complexity index is 749. The first-order valence-electron chi connectivity index (χ1n) is 8.27. The minimum atomic E-state index is -0.956. The zero-order valence-electron chi connectivity index (χ0n) is 14.4. The molecule has 7 heteroatoms. The largest absolute Gasteiger partial charge is 0.480 e. The van der Waals surface area contributed by atoms with E-state index in [4.69, 9.17) is 21.4 Å². The fourth-order valence-electron chi connectivity index (χ4n) is 2.30. The highest BCUT2D eigenvalue weighted by Gasteiger charge is 2.16. The molecule has 0 saturated heterocycles. The molecule has 1 atom stereocenters. The first-order valence-corrected chi connectivity index (χ1v) is 8.65. The number of hydrogen-bond acceptors (Lipinski definition) is 4. The predicted molar refractivity (Wildman–Crippen MR) is 101 cm³/mol. The summed E-state index contributed by atoms with van der Waals surface area (Å²) >= 11 is 5.91. The lowest BCUT2D eigenvalue weighted by Crippen LogP contribution is -2.41. The van der Waals surface area contributed by atoms with E-state index < -0.39 is 12.0 Å². The fraction of sp³-hybridized carbons (Fsp3) is 0.263. The van der Waals surface area contributed by atoms with Gasteiger partial charge in [-0.25, -0.2) is 0 Å². The second kappa shape index (κ2) is 9.79. The number of aliphatic carboxylic acids is 1. The molecule has 138 valence electrons. The number of anilines is 1. The van der Waals surface area contributed by atoms with Gasteiger partial charge in [-0.15, -0.1) is 0 Å². The number of benzene rings is 2. The third kappa shape index (κ3) is 6.38. The van der Waals surface area contributed by atoms with Crippen LogP contribution in [0.4, 0.5) is 5.69 Å². The number of ether oxygens (including phenoxy) is 1. The summed E-state index contributed by atoms with van der Waals surface area (Å²) in [6.07, 6.45) is 1.19. The van der Waals surface area contributed by atoms with Crippen LogP contribution in [0.25, 0.3) is 0 Å². The molecule has 0 aliphatic rings. The smallest absolute Gasteiger partial charge is 0.320 e. The second-order valence-electron chi connectivity index (χ2n) is 5.69. The van der Waals surface area contributed by atoms with Crippen LogP contribution in [0.5, 0.6) is 11.5 Å². The van der Waals surface area contributed by atoms with Crippen LogP contribution in [-0.4, -0.2) is 29.6 Å². The van der Waals surface area contributed by atoms with Crippen molar-refractivity contribution in [1.82, 2.24) is 5.32 Å². The molecule has 0 aliphatic heterocycles. The minimum Gasteiger partial charge on any atom is -0.480 e.